The van der Waals surface area contributed by atoms with E-state index in [1.807, 2.05) is 38.2 Å². The third kappa shape index (κ3) is 3.96. The van der Waals surface area contributed by atoms with Crippen LogP contribution in [-0.4, -0.2) is 12.0 Å². The average molecular weight is 305 g/mol. The molecule has 0 fully saturated rings. The maximum Gasteiger partial charge on any atom is 0.219 e. The summed E-state index contributed by atoms with van der Waals surface area (Å²) >= 11 is 6.29. The number of nitrogens with zero attached hydrogens (tertiary/aromatic N) is 1. The Labute approximate surface area is 131 Å². The fourth-order valence-electron chi connectivity index (χ4n) is 2.15. The van der Waals surface area contributed by atoms with Crippen molar-refractivity contribution in [3.63, 3.8) is 0 Å². The number of aryl methyl sites for hydroxylation is 1. The van der Waals surface area contributed by atoms with Crippen molar-refractivity contribution in [3.8, 4) is 11.6 Å². The molecule has 0 bridgehead atoms. The number of benzene rings is 1. The van der Waals surface area contributed by atoms with Crippen molar-refractivity contribution in [1.82, 2.24) is 10.3 Å². The fraction of sp³-hybridized carbons (Fsp3) is 0.353. The lowest BCUT2D eigenvalue weighted by Crippen LogP contribution is -2.05. The Kier molecular flexibility index (Phi) is 5.21. The van der Waals surface area contributed by atoms with Gasteiger partial charge in [0, 0.05) is 23.8 Å². The first-order valence-electron chi connectivity index (χ1n) is 7.08. The van der Waals surface area contributed by atoms with Gasteiger partial charge in [-0.2, -0.15) is 0 Å². The van der Waals surface area contributed by atoms with Crippen molar-refractivity contribution in [3.05, 3.63) is 52.2 Å². The molecule has 1 N–H and O–H groups in total. The SMILES string of the molecule is CNCc1ccnc(Oc2cc(C(C)C)c(Cl)cc2C)c1. The van der Waals surface area contributed by atoms with Gasteiger partial charge in [-0.15, -0.1) is 0 Å². The molecule has 0 saturated carbocycles. The first-order valence-corrected chi connectivity index (χ1v) is 7.46. The molecule has 2 aromatic rings. The van der Waals surface area contributed by atoms with E-state index in [9.17, 15) is 0 Å². The highest BCUT2D eigenvalue weighted by Crippen LogP contribution is 2.33. The Morgan fingerprint density at radius 2 is 2.05 bits per heavy atom. The van der Waals surface area contributed by atoms with Crippen LogP contribution in [0.25, 0.3) is 0 Å². The molecule has 0 unspecified atom stereocenters. The zero-order chi connectivity index (χ0) is 15.4. The molecule has 0 atom stereocenters. The van der Waals surface area contributed by atoms with E-state index in [0.29, 0.717) is 11.8 Å². The Balaban J connectivity index is 2.30. The number of hydrogen-bond acceptors (Lipinski definition) is 3. The molecule has 0 spiro atoms. The number of hydrogen-bond donors (Lipinski definition) is 1. The largest absolute Gasteiger partial charge is 0.439 e. The van der Waals surface area contributed by atoms with Crippen molar-refractivity contribution in [2.75, 3.05) is 7.05 Å². The first-order chi connectivity index (χ1) is 10.0. The number of nitrogens with one attached hydrogen (secondary N) is 1. The van der Waals surface area contributed by atoms with E-state index >= 15 is 0 Å². The molecule has 21 heavy (non-hydrogen) atoms. The van der Waals surface area contributed by atoms with Crippen LogP contribution in [0, 0.1) is 6.92 Å². The van der Waals surface area contributed by atoms with Crippen molar-refractivity contribution in [2.45, 2.75) is 33.2 Å². The lowest BCUT2D eigenvalue weighted by Gasteiger charge is -2.14. The third-order valence-corrected chi connectivity index (χ3v) is 3.64. The smallest absolute Gasteiger partial charge is 0.219 e. The lowest BCUT2D eigenvalue weighted by molar-refractivity contribution is 0.457. The molecule has 4 heteroatoms. The number of ether oxygens (including phenoxy) is 1. The number of rotatable bonds is 5. The predicted molar refractivity (Wildman–Crippen MR) is 87.4 cm³/mol. The normalized spacial score (nSPS) is 11.0. The predicted octanol–water partition coefficient (Wildman–Crippen LogP) is 4.68. The zero-order valence-corrected chi connectivity index (χ0v) is 13.7. The molecule has 0 radical (unpaired) electrons. The topological polar surface area (TPSA) is 34.2 Å². The van der Waals surface area contributed by atoms with Gasteiger partial charge in [0.25, 0.3) is 0 Å². The van der Waals surface area contributed by atoms with Crippen LogP contribution >= 0.6 is 11.6 Å². The van der Waals surface area contributed by atoms with Gasteiger partial charge < -0.3 is 10.1 Å². The molecule has 1 aromatic heterocycles. The summed E-state index contributed by atoms with van der Waals surface area (Å²) in [6, 6.07) is 7.87. The quantitative estimate of drug-likeness (QED) is 0.871. The summed E-state index contributed by atoms with van der Waals surface area (Å²) in [4.78, 5) is 4.27. The van der Waals surface area contributed by atoms with E-state index in [4.69, 9.17) is 16.3 Å². The summed E-state index contributed by atoms with van der Waals surface area (Å²) < 4.78 is 5.94. The molecule has 2 rings (SSSR count). The Morgan fingerprint density at radius 3 is 2.71 bits per heavy atom. The minimum absolute atomic E-state index is 0.351. The minimum atomic E-state index is 0.351. The summed E-state index contributed by atoms with van der Waals surface area (Å²) in [6.07, 6.45) is 1.76. The monoisotopic (exact) mass is 304 g/mol. The summed E-state index contributed by atoms with van der Waals surface area (Å²) in [7, 11) is 1.92. The maximum absolute atomic E-state index is 6.29. The van der Waals surface area contributed by atoms with Gasteiger partial charge in [0.15, 0.2) is 0 Å². The average Bonchev–Trinajstić information content (AvgIpc) is 2.42. The summed E-state index contributed by atoms with van der Waals surface area (Å²) in [5, 5.41) is 3.90. The summed E-state index contributed by atoms with van der Waals surface area (Å²) in [5.41, 5.74) is 3.23. The molecule has 112 valence electrons. The van der Waals surface area contributed by atoms with E-state index < -0.39 is 0 Å². The molecule has 1 heterocycles. The van der Waals surface area contributed by atoms with Crippen molar-refractivity contribution >= 4 is 11.6 Å². The number of pyridine rings is 1. The van der Waals surface area contributed by atoms with Gasteiger partial charge in [-0.3, -0.25) is 0 Å². The van der Waals surface area contributed by atoms with Crippen molar-refractivity contribution < 1.29 is 4.74 Å². The lowest BCUT2D eigenvalue weighted by atomic mass is 10.0. The fourth-order valence-corrected chi connectivity index (χ4v) is 2.59. The van der Waals surface area contributed by atoms with E-state index in [1.54, 1.807) is 6.20 Å². The molecule has 1 aromatic carbocycles. The highest BCUT2D eigenvalue weighted by Gasteiger charge is 2.11. The van der Waals surface area contributed by atoms with Gasteiger partial charge in [0.2, 0.25) is 5.88 Å². The summed E-state index contributed by atoms with van der Waals surface area (Å²) in [5.74, 6) is 1.75. The van der Waals surface area contributed by atoms with E-state index in [1.165, 1.54) is 0 Å². The van der Waals surface area contributed by atoms with Gasteiger partial charge in [-0.05, 0) is 54.8 Å². The van der Waals surface area contributed by atoms with E-state index in [-0.39, 0.29) is 0 Å². The summed E-state index contributed by atoms with van der Waals surface area (Å²) in [6.45, 7) is 7.01. The highest BCUT2D eigenvalue weighted by molar-refractivity contribution is 6.31. The van der Waals surface area contributed by atoms with Gasteiger partial charge >= 0.3 is 0 Å². The van der Waals surface area contributed by atoms with Crippen LogP contribution in [0.5, 0.6) is 11.6 Å². The van der Waals surface area contributed by atoms with Gasteiger partial charge in [0.1, 0.15) is 5.75 Å². The van der Waals surface area contributed by atoms with Crippen molar-refractivity contribution in [2.24, 2.45) is 0 Å². The zero-order valence-electron chi connectivity index (χ0n) is 12.9. The first kappa shape index (κ1) is 15.8. The molecule has 3 nitrogen and oxygen atoms in total. The van der Waals surface area contributed by atoms with E-state index in [2.05, 4.69) is 24.1 Å². The third-order valence-electron chi connectivity index (χ3n) is 3.31. The Morgan fingerprint density at radius 1 is 1.29 bits per heavy atom. The van der Waals surface area contributed by atoms with Crippen molar-refractivity contribution in [1.29, 1.82) is 0 Å². The number of halogens is 1. The minimum Gasteiger partial charge on any atom is -0.439 e. The Bertz CT molecular complexity index is 626. The van der Waals surface area contributed by atoms with Gasteiger partial charge in [0.05, 0.1) is 0 Å². The molecule has 0 aliphatic heterocycles. The molecular weight excluding hydrogens is 284 g/mol. The van der Waals surface area contributed by atoms with Crippen LogP contribution in [0.15, 0.2) is 30.5 Å². The second-order valence-electron chi connectivity index (χ2n) is 5.43. The molecular formula is C17H21ClN2O. The van der Waals surface area contributed by atoms with E-state index in [0.717, 1.165) is 34.0 Å². The molecule has 0 saturated heterocycles. The van der Waals surface area contributed by atoms with Crippen LogP contribution in [0.2, 0.25) is 5.02 Å². The standard InChI is InChI=1S/C17H21ClN2O/c1-11(2)14-9-16(12(3)7-15(14)18)21-17-8-13(10-19-4)5-6-20-17/h5-9,11,19H,10H2,1-4H3. The van der Waals surface area contributed by atoms with Crippen LogP contribution in [0.4, 0.5) is 0 Å². The molecule has 0 aliphatic carbocycles. The maximum atomic E-state index is 6.29. The van der Waals surface area contributed by atoms with Crippen LogP contribution in [-0.2, 0) is 6.54 Å². The van der Waals surface area contributed by atoms with Crippen LogP contribution in [0.1, 0.15) is 36.5 Å². The van der Waals surface area contributed by atoms with Gasteiger partial charge in [-0.25, -0.2) is 4.98 Å². The second-order valence-corrected chi connectivity index (χ2v) is 5.84. The highest BCUT2D eigenvalue weighted by atomic mass is 35.5. The Hall–Kier alpha value is -1.58. The van der Waals surface area contributed by atoms with Crippen LogP contribution in [0.3, 0.4) is 0 Å². The second kappa shape index (κ2) is 6.92. The van der Waals surface area contributed by atoms with Gasteiger partial charge in [-0.1, -0.05) is 25.4 Å². The number of aromatic nitrogens is 1. The van der Waals surface area contributed by atoms with Crippen LogP contribution < -0.4 is 10.1 Å². The molecule has 0 aliphatic rings. The molecule has 0 amide bonds.